The second-order valence-electron chi connectivity index (χ2n) is 4.34. The Hall–Kier alpha value is -1.09. The Morgan fingerprint density at radius 2 is 1.88 bits per heavy atom. The number of carbonyl (C=O) groups is 1. The van der Waals surface area contributed by atoms with Crippen molar-refractivity contribution in [3.05, 3.63) is 22.5 Å². The lowest BCUT2D eigenvalue weighted by atomic mass is 10.1. The summed E-state index contributed by atoms with van der Waals surface area (Å²) in [5, 5.41) is 0. The Labute approximate surface area is 97.8 Å². The molecular formula is C13H23N2O+. The maximum atomic E-state index is 10.8. The molecule has 90 valence electrons. The van der Waals surface area contributed by atoms with Gasteiger partial charge in [-0.3, -0.25) is 4.79 Å². The van der Waals surface area contributed by atoms with Crippen molar-refractivity contribution in [2.45, 2.75) is 34.1 Å². The van der Waals surface area contributed by atoms with E-state index in [9.17, 15) is 4.79 Å². The van der Waals surface area contributed by atoms with Gasteiger partial charge in [0.1, 0.15) is 0 Å². The van der Waals surface area contributed by atoms with Crippen LogP contribution in [0.1, 0.15) is 41.2 Å². The van der Waals surface area contributed by atoms with Gasteiger partial charge in [0.15, 0.2) is 6.29 Å². The van der Waals surface area contributed by atoms with E-state index < -0.39 is 0 Å². The van der Waals surface area contributed by atoms with Crippen LogP contribution in [0.3, 0.4) is 0 Å². The fourth-order valence-electron chi connectivity index (χ4n) is 2.21. The smallest absolute Gasteiger partial charge is 0.166 e. The summed E-state index contributed by atoms with van der Waals surface area (Å²) in [6, 6.07) is 0. The first kappa shape index (κ1) is 13.0. The van der Waals surface area contributed by atoms with Gasteiger partial charge in [0.25, 0.3) is 0 Å². The highest BCUT2D eigenvalue weighted by Crippen LogP contribution is 2.16. The third-order valence-corrected chi connectivity index (χ3v) is 3.48. The topological polar surface area (TPSA) is 37.3 Å². The summed E-state index contributed by atoms with van der Waals surface area (Å²) < 4.78 is 0. The summed E-state index contributed by atoms with van der Waals surface area (Å²) >= 11 is 0. The highest BCUT2D eigenvalue weighted by atomic mass is 16.1. The van der Waals surface area contributed by atoms with Gasteiger partial charge in [-0.2, -0.15) is 0 Å². The molecule has 0 spiro atoms. The number of aromatic nitrogens is 1. The van der Waals surface area contributed by atoms with Crippen LogP contribution in [0.25, 0.3) is 0 Å². The van der Waals surface area contributed by atoms with Crippen LogP contribution in [0.15, 0.2) is 0 Å². The second kappa shape index (κ2) is 5.85. The standard InChI is InChI=1S/C13H22N2O/c1-5-15(6-2)8-7-12-10(3)13(9-16)14-11(12)4/h9,14H,5-8H2,1-4H3/p+1. The van der Waals surface area contributed by atoms with Crippen molar-refractivity contribution < 1.29 is 9.69 Å². The molecule has 0 unspecified atom stereocenters. The van der Waals surface area contributed by atoms with Crippen molar-refractivity contribution in [3.8, 4) is 0 Å². The molecule has 0 aliphatic carbocycles. The van der Waals surface area contributed by atoms with Gasteiger partial charge in [0, 0.05) is 12.1 Å². The molecule has 1 rings (SSSR count). The van der Waals surface area contributed by atoms with Crippen LogP contribution in [0.2, 0.25) is 0 Å². The number of aromatic amines is 1. The lowest BCUT2D eigenvalue weighted by Crippen LogP contribution is -3.11. The number of hydrogen-bond donors (Lipinski definition) is 2. The van der Waals surface area contributed by atoms with Crippen LogP contribution >= 0.6 is 0 Å². The van der Waals surface area contributed by atoms with E-state index in [-0.39, 0.29) is 0 Å². The molecule has 1 aromatic rings. The third-order valence-electron chi connectivity index (χ3n) is 3.48. The van der Waals surface area contributed by atoms with Crippen LogP contribution in [-0.4, -0.2) is 30.9 Å². The summed E-state index contributed by atoms with van der Waals surface area (Å²) in [5.41, 5.74) is 4.33. The molecule has 3 nitrogen and oxygen atoms in total. The molecule has 0 aliphatic heterocycles. The highest BCUT2D eigenvalue weighted by Gasteiger charge is 2.12. The van der Waals surface area contributed by atoms with E-state index >= 15 is 0 Å². The summed E-state index contributed by atoms with van der Waals surface area (Å²) in [6.07, 6.45) is 1.97. The number of rotatable bonds is 6. The SMILES string of the molecule is CC[NH+](CC)CCc1c(C)[nH]c(C=O)c1C. The minimum atomic E-state index is 0.738. The number of carbonyl (C=O) groups excluding carboxylic acids is 1. The van der Waals surface area contributed by atoms with Crippen molar-refractivity contribution in [1.29, 1.82) is 0 Å². The first-order chi connectivity index (χ1) is 7.63. The van der Waals surface area contributed by atoms with Crippen molar-refractivity contribution in [2.24, 2.45) is 0 Å². The second-order valence-corrected chi connectivity index (χ2v) is 4.34. The molecule has 0 radical (unpaired) electrons. The summed E-state index contributed by atoms with van der Waals surface area (Å²) in [4.78, 5) is 15.6. The molecule has 1 heterocycles. The quantitative estimate of drug-likeness (QED) is 0.691. The molecule has 0 fully saturated rings. The van der Waals surface area contributed by atoms with Gasteiger partial charge in [0.2, 0.25) is 0 Å². The predicted molar refractivity (Wildman–Crippen MR) is 66.3 cm³/mol. The Kier molecular flexibility index (Phi) is 4.74. The Morgan fingerprint density at radius 3 is 2.31 bits per heavy atom. The van der Waals surface area contributed by atoms with E-state index in [2.05, 4.69) is 18.8 Å². The fourth-order valence-corrected chi connectivity index (χ4v) is 2.21. The van der Waals surface area contributed by atoms with E-state index in [1.54, 1.807) is 4.90 Å². The van der Waals surface area contributed by atoms with Gasteiger partial charge in [-0.15, -0.1) is 0 Å². The normalized spacial score (nSPS) is 11.1. The number of quaternary nitrogens is 1. The van der Waals surface area contributed by atoms with Crippen molar-refractivity contribution >= 4 is 6.29 Å². The molecule has 0 atom stereocenters. The van der Waals surface area contributed by atoms with E-state index in [1.165, 1.54) is 18.7 Å². The summed E-state index contributed by atoms with van der Waals surface area (Å²) in [7, 11) is 0. The van der Waals surface area contributed by atoms with Crippen molar-refractivity contribution in [3.63, 3.8) is 0 Å². The lowest BCUT2D eigenvalue weighted by Gasteiger charge is -2.15. The molecule has 1 aromatic heterocycles. The zero-order valence-electron chi connectivity index (χ0n) is 10.8. The first-order valence-electron chi connectivity index (χ1n) is 6.10. The van der Waals surface area contributed by atoms with Gasteiger partial charge in [-0.05, 0) is 38.8 Å². The van der Waals surface area contributed by atoms with Crippen LogP contribution in [-0.2, 0) is 6.42 Å². The average molecular weight is 223 g/mol. The third kappa shape index (κ3) is 2.73. The Balaban J connectivity index is 2.73. The molecule has 3 heteroatoms. The van der Waals surface area contributed by atoms with Gasteiger partial charge in [-0.1, -0.05) is 0 Å². The van der Waals surface area contributed by atoms with Gasteiger partial charge in [-0.25, -0.2) is 0 Å². The molecular weight excluding hydrogens is 200 g/mol. The highest BCUT2D eigenvalue weighted by molar-refractivity contribution is 5.75. The number of likely N-dealkylation sites (N-methyl/N-ethyl adjacent to an activating group) is 1. The Bertz CT molecular complexity index is 351. The van der Waals surface area contributed by atoms with Gasteiger partial charge < -0.3 is 9.88 Å². The maximum absolute atomic E-state index is 10.8. The zero-order valence-corrected chi connectivity index (χ0v) is 10.8. The van der Waals surface area contributed by atoms with Crippen LogP contribution in [0.4, 0.5) is 0 Å². The van der Waals surface area contributed by atoms with Crippen LogP contribution < -0.4 is 4.90 Å². The zero-order chi connectivity index (χ0) is 12.1. The average Bonchev–Trinajstić information content (AvgIpc) is 2.56. The molecule has 0 aliphatic rings. The number of aldehydes is 1. The maximum Gasteiger partial charge on any atom is 0.166 e. The molecule has 16 heavy (non-hydrogen) atoms. The monoisotopic (exact) mass is 223 g/mol. The molecule has 0 saturated carbocycles. The first-order valence-corrected chi connectivity index (χ1v) is 6.10. The van der Waals surface area contributed by atoms with Crippen LogP contribution in [0, 0.1) is 13.8 Å². The lowest BCUT2D eigenvalue weighted by molar-refractivity contribution is -0.896. The predicted octanol–water partition coefficient (Wildman–Crippen LogP) is 0.911. The molecule has 2 N–H and O–H groups in total. The molecule has 0 amide bonds. The Morgan fingerprint density at radius 1 is 1.25 bits per heavy atom. The summed E-state index contributed by atoms with van der Waals surface area (Å²) in [6.45, 7) is 12.0. The van der Waals surface area contributed by atoms with E-state index in [0.717, 1.165) is 36.2 Å². The van der Waals surface area contributed by atoms with Gasteiger partial charge in [0.05, 0.1) is 25.3 Å². The van der Waals surface area contributed by atoms with Gasteiger partial charge >= 0.3 is 0 Å². The summed E-state index contributed by atoms with van der Waals surface area (Å²) in [5.74, 6) is 0. The molecule has 0 aromatic carbocycles. The number of hydrogen-bond acceptors (Lipinski definition) is 1. The largest absolute Gasteiger partial charge is 0.356 e. The fraction of sp³-hybridized carbons (Fsp3) is 0.615. The number of aryl methyl sites for hydroxylation is 1. The number of nitrogens with one attached hydrogen (secondary N) is 2. The van der Waals surface area contributed by atoms with E-state index in [1.807, 2.05) is 13.8 Å². The molecule has 0 saturated heterocycles. The van der Waals surface area contributed by atoms with Crippen molar-refractivity contribution in [2.75, 3.05) is 19.6 Å². The van der Waals surface area contributed by atoms with E-state index in [0.29, 0.717) is 0 Å². The van der Waals surface area contributed by atoms with E-state index in [4.69, 9.17) is 0 Å². The number of H-pyrrole nitrogens is 1. The van der Waals surface area contributed by atoms with Crippen LogP contribution in [0.5, 0.6) is 0 Å². The van der Waals surface area contributed by atoms with Crippen molar-refractivity contribution in [1.82, 2.24) is 4.98 Å². The minimum Gasteiger partial charge on any atom is -0.356 e. The molecule has 0 bridgehead atoms. The minimum absolute atomic E-state index is 0.738.